The maximum absolute atomic E-state index is 9.41. The van der Waals surface area contributed by atoms with E-state index in [-0.39, 0.29) is 18.7 Å². The van der Waals surface area contributed by atoms with Crippen LogP contribution in [0, 0.1) is 0 Å². The maximum Gasteiger partial charge on any atom is 0.150 e. The Morgan fingerprint density at radius 3 is 2.44 bits per heavy atom. The van der Waals surface area contributed by atoms with E-state index in [2.05, 4.69) is 10.1 Å². The van der Waals surface area contributed by atoms with Crippen LogP contribution in [0.1, 0.15) is 44.9 Å². The van der Waals surface area contributed by atoms with E-state index in [0.29, 0.717) is 0 Å². The van der Waals surface area contributed by atoms with Gasteiger partial charge in [0.1, 0.15) is 5.82 Å². The van der Waals surface area contributed by atoms with Gasteiger partial charge in [-0.3, -0.25) is 0 Å². The Morgan fingerprint density at radius 2 is 2.00 bits per heavy atom. The zero-order chi connectivity index (χ0) is 12.1. The number of rotatable bonds is 6. The molecule has 0 aliphatic carbocycles. The van der Waals surface area contributed by atoms with Crippen molar-refractivity contribution in [3.63, 3.8) is 0 Å². The molecule has 3 N–H and O–H groups in total. The summed E-state index contributed by atoms with van der Waals surface area (Å²) >= 11 is 0. The van der Waals surface area contributed by atoms with E-state index in [1.54, 1.807) is 4.68 Å². The second-order valence-corrected chi connectivity index (χ2v) is 3.92. The Balaban J connectivity index is 3.02. The highest BCUT2D eigenvalue weighted by molar-refractivity contribution is 4.96. The number of aryl methyl sites for hydroxylation is 2. The minimum Gasteiger partial charge on any atom is -0.394 e. The standard InChI is InChI=1S/C11H22N4O/c1-4-8(12)9(7-16)15-11(6-3)13-10(5-2)14-15/h8-9,16H,4-7,12H2,1-3H3. The van der Waals surface area contributed by atoms with E-state index < -0.39 is 0 Å². The smallest absolute Gasteiger partial charge is 0.150 e. The molecule has 92 valence electrons. The molecule has 0 saturated heterocycles. The van der Waals surface area contributed by atoms with Crippen molar-refractivity contribution in [2.45, 2.75) is 52.1 Å². The lowest BCUT2D eigenvalue weighted by Crippen LogP contribution is -2.35. The van der Waals surface area contributed by atoms with E-state index >= 15 is 0 Å². The molecular weight excluding hydrogens is 204 g/mol. The van der Waals surface area contributed by atoms with Gasteiger partial charge in [-0.1, -0.05) is 20.8 Å². The lowest BCUT2D eigenvalue weighted by molar-refractivity contribution is 0.191. The van der Waals surface area contributed by atoms with Crippen LogP contribution >= 0.6 is 0 Å². The molecule has 0 aliphatic rings. The fourth-order valence-corrected chi connectivity index (χ4v) is 1.73. The molecule has 0 fully saturated rings. The van der Waals surface area contributed by atoms with Gasteiger partial charge in [0.05, 0.1) is 12.6 Å². The SMILES string of the molecule is CCc1nc(CC)n(C(CO)C(N)CC)n1. The van der Waals surface area contributed by atoms with Gasteiger partial charge in [-0.05, 0) is 6.42 Å². The van der Waals surface area contributed by atoms with Crippen LogP contribution in [0.15, 0.2) is 0 Å². The van der Waals surface area contributed by atoms with Crippen LogP contribution in [0.3, 0.4) is 0 Å². The Morgan fingerprint density at radius 1 is 1.31 bits per heavy atom. The molecule has 0 radical (unpaired) electrons. The Hall–Kier alpha value is -0.940. The fraction of sp³-hybridized carbons (Fsp3) is 0.818. The first-order valence-corrected chi connectivity index (χ1v) is 5.98. The number of aromatic nitrogens is 3. The zero-order valence-electron chi connectivity index (χ0n) is 10.3. The van der Waals surface area contributed by atoms with Crippen LogP contribution in [0.5, 0.6) is 0 Å². The van der Waals surface area contributed by atoms with Crippen LogP contribution < -0.4 is 5.73 Å². The highest BCUT2D eigenvalue weighted by atomic mass is 16.3. The van der Waals surface area contributed by atoms with E-state index in [1.165, 1.54) is 0 Å². The average molecular weight is 226 g/mol. The maximum atomic E-state index is 9.41. The lowest BCUT2D eigenvalue weighted by Gasteiger charge is -2.22. The molecular formula is C11H22N4O. The summed E-state index contributed by atoms with van der Waals surface area (Å²) in [7, 11) is 0. The van der Waals surface area contributed by atoms with Crippen molar-refractivity contribution < 1.29 is 5.11 Å². The molecule has 0 amide bonds. The van der Waals surface area contributed by atoms with Gasteiger partial charge in [0.25, 0.3) is 0 Å². The van der Waals surface area contributed by atoms with E-state index in [4.69, 9.17) is 5.73 Å². The summed E-state index contributed by atoms with van der Waals surface area (Å²) in [6.07, 6.45) is 2.43. The van der Waals surface area contributed by atoms with Crippen LogP contribution in [0.25, 0.3) is 0 Å². The van der Waals surface area contributed by atoms with Gasteiger partial charge in [0.15, 0.2) is 5.82 Å². The number of aliphatic hydroxyl groups excluding tert-OH is 1. The topological polar surface area (TPSA) is 77.0 Å². The molecule has 1 aromatic rings. The van der Waals surface area contributed by atoms with Gasteiger partial charge in [-0.2, -0.15) is 5.10 Å². The molecule has 0 spiro atoms. The van der Waals surface area contributed by atoms with Crippen molar-refractivity contribution in [1.29, 1.82) is 0 Å². The lowest BCUT2D eigenvalue weighted by atomic mass is 10.1. The average Bonchev–Trinajstić information content (AvgIpc) is 2.73. The monoisotopic (exact) mass is 226 g/mol. The van der Waals surface area contributed by atoms with E-state index in [1.807, 2.05) is 20.8 Å². The predicted octanol–water partition coefficient (Wildman–Crippen LogP) is 0.674. The first kappa shape index (κ1) is 13.1. The molecule has 0 aliphatic heterocycles. The Bertz CT molecular complexity index is 324. The summed E-state index contributed by atoms with van der Waals surface area (Å²) in [5, 5.41) is 13.8. The fourth-order valence-electron chi connectivity index (χ4n) is 1.73. The highest BCUT2D eigenvalue weighted by Crippen LogP contribution is 2.14. The molecule has 5 heteroatoms. The first-order valence-electron chi connectivity index (χ1n) is 5.98. The van der Waals surface area contributed by atoms with Crippen molar-refractivity contribution in [3.05, 3.63) is 11.6 Å². The molecule has 1 rings (SSSR count). The molecule has 0 saturated carbocycles. The summed E-state index contributed by atoms with van der Waals surface area (Å²) in [6.45, 7) is 6.07. The number of nitrogens with two attached hydrogens (primary N) is 1. The van der Waals surface area contributed by atoms with Crippen molar-refractivity contribution in [2.24, 2.45) is 5.73 Å². The molecule has 5 nitrogen and oxygen atoms in total. The Labute approximate surface area is 96.7 Å². The Kier molecular flexibility index (Phi) is 4.89. The summed E-state index contributed by atoms with van der Waals surface area (Å²) in [5.41, 5.74) is 5.99. The van der Waals surface area contributed by atoms with Gasteiger partial charge in [-0.15, -0.1) is 0 Å². The molecule has 1 aromatic heterocycles. The number of hydrogen-bond donors (Lipinski definition) is 2. The molecule has 2 atom stereocenters. The normalized spacial score (nSPS) is 15.1. The van der Waals surface area contributed by atoms with Gasteiger partial charge >= 0.3 is 0 Å². The molecule has 2 unspecified atom stereocenters. The van der Waals surface area contributed by atoms with Crippen LogP contribution in [-0.2, 0) is 12.8 Å². The molecule has 0 aromatic carbocycles. The second-order valence-electron chi connectivity index (χ2n) is 3.92. The molecule has 0 bridgehead atoms. The third kappa shape index (κ3) is 2.59. The van der Waals surface area contributed by atoms with Gasteiger partial charge < -0.3 is 10.8 Å². The number of hydrogen-bond acceptors (Lipinski definition) is 4. The van der Waals surface area contributed by atoms with Crippen molar-refractivity contribution >= 4 is 0 Å². The van der Waals surface area contributed by atoms with E-state index in [9.17, 15) is 5.11 Å². The van der Waals surface area contributed by atoms with Gasteiger partial charge in [-0.25, -0.2) is 9.67 Å². The van der Waals surface area contributed by atoms with Crippen LogP contribution in [-0.4, -0.2) is 32.5 Å². The van der Waals surface area contributed by atoms with Crippen molar-refractivity contribution in [1.82, 2.24) is 14.8 Å². The van der Waals surface area contributed by atoms with Gasteiger partial charge in [0, 0.05) is 18.9 Å². The zero-order valence-corrected chi connectivity index (χ0v) is 10.3. The minimum absolute atomic E-state index is 0.00845. The highest BCUT2D eigenvalue weighted by Gasteiger charge is 2.21. The number of aliphatic hydroxyl groups is 1. The third-order valence-corrected chi connectivity index (χ3v) is 2.85. The summed E-state index contributed by atoms with van der Waals surface area (Å²) < 4.78 is 1.80. The largest absolute Gasteiger partial charge is 0.394 e. The molecule has 16 heavy (non-hydrogen) atoms. The van der Waals surface area contributed by atoms with Crippen LogP contribution in [0.4, 0.5) is 0 Å². The van der Waals surface area contributed by atoms with Gasteiger partial charge in [0.2, 0.25) is 0 Å². The predicted molar refractivity (Wildman–Crippen MR) is 63.2 cm³/mol. The third-order valence-electron chi connectivity index (χ3n) is 2.85. The summed E-state index contributed by atoms with van der Waals surface area (Å²) in [6, 6.07) is -0.241. The van der Waals surface area contributed by atoms with Crippen LogP contribution in [0.2, 0.25) is 0 Å². The number of nitrogens with zero attached hydrogens (tertiary/aromatic N) is 3. The quantitative estimate of drug-likeness (QED) is 0.747. The molecule has 1 heterocycles. The summed E-state index contributed by atoms with van der Waals surface area (Å²) in [5.74, 6) is 1.72. The summed E-state index contributed by atoms with van der Waals surface area (Å²) in [4.78, 5) is 4.42. The van der Waals surface area contributed by atoms with Crippen molar-refractivity contribution in [2.75, 3.05) is 6.61 Å². The minimum atomic E-state index is -0.159. The second kappa shape index (κ2) is 5.96. The van der Waals surface area contributed by atoms with Crippen molar-refractivity contribution in [3.8, 4) is 0 Å². The van der Waals surface area contributed by atoms with E-state index in [0.717, 1.165) is 30.9 Å². The first-order chi connectivity index (χ1) is 7.67.